The van der Waals surface area contributed by atoms with Crippen molar-refractivity contribution in [3.05, 3.63) is 83.6 Å². The Morgan fingerprint density at radius 1 is 1.07 bits per heavy atom. The van der Waals surface area contributed by atoms with Crippen LogP contribution in [0.2, 0.25) is 0 Å². The lowest BCUT2D eigenvalue weighted by Gasteiger charge is -2.10. The summed E-state index contributed by atoms with van der Waals surface area (Å²) in [6.45, 7) is 0. The number of nitrogens with zero attached hydrogens (tertiary/aromatic N) is 4. The number of aromatic nitrogens is 3. The first-order valence-corrected chi connectivity index (χ1v) is 8.94. The van der Waals surface area contributed by atoms with Crippen molar-refractivity contribution in [2.75, 3.05) is 12.4 Å². The van der Waals surface area contributed by atoms with Gasteiger partial charge in [-0.25, -0.2) is 9.78 Å². The third kappa shape index (κ3) is 3.47. The monoisotopic (exact) mass is 397 g/mol. The Kier molecular flexibility index (Phi) is 4.93. The lowest BCUT2D eigenvalue weighted by molar-refractivity contribution is 0.0600. The van der Waals surface area contributed by atoms with Crippen molar-refractivity contribution in [1.82, 2.24) is 14.8 Å². The Balaban J connectivity index is 1.71. The van der Waals surface area contributed by atoms with E-state index in [0.717, 1.165) is 10.9 Å². The zero-order chi connectivity index (χ0) is 21.1. The van der Waals surface area contributed by atoms with Crippen molar-refractivity contribution < 1.29 is 14.3 Å². The zero-order valence-electron chi connectivity index (χ0n) is 15.9. The number of fused-ring (bicyclic) bond motifs is 1. The molecular weight excluding hydrogens is 382 g/mol. The number of carbonyl (C=O) groups is 2. The van der Waals surface area contributed by atoms with E-state index in [9.17, 15) is 14.9 Å². The summed E-state index contributed by atoms with van der Waals surface area (Å²) in [7, 11) is 1.27. The minimum atomic E-state index is -0.548. The Labute approximate surface area is 171 Å². The summed E-state index contributed by atoms with van der Waals surface area (Å²) >= 11 is 0. The van der Waals surface area contributed by atoms with Gasteiger partial charge in [0, 0.05) is 10.9 Å². The molecule has 2 aromatic heterocycles. The van der Waals surface area contributed by atoms with Gasteiger partial charge in [-0.15, -0.1) is 0 Å². The fourth-order valence-corrected chi connectivity index (χ4v) is 2.98. The Bertz CT molecular complexity index is 1320. The normalized spacial score (nSPS) is 10.4. The summed E-state index contributed by atoms with van der Waals surface area (Å²) in [5.41, 5.74) is 1.42. The molecule has 146 valence electrons. The zero-order valence-corrected chi connectivity index (χ0v) is 15.9. The third-order valence-electron chi connectivity index (χ3n) is 4.47. The smallest absolute Gasteiger partial charge is 0.337 e. The minimum absolute atomic E-state index is 0.183. The number of ether oxygens (including phenoxy) is 1. The fraction of sp³-hybridized carbons (Fsp3) is 0.0455. The summed E-state index contributed by atoms with van der Waals surface area (Å²) < 4.78 is 6.09. The molecule has 0 radical (unpaired) electrons. The first-order valence-electron chi connectivity index (χ1n) is 8.94. The lowest BCUT2D eigenvalue weighted by Crippen LogP contribution is -2.17. The molecule has 0 unspecified atom stereocenters. The first kappa shape index (κ1) is 18.8. The molecule has 0 atom stereocenters. The van der Waals surface area contributed by atoms with Crippen LogP contribution < -0.4 is 5.32 Å². The second-order valence-corrected chi connectivity index (χ2v) is 6.32. The van der Waals surface area contributed by atoms with E-state index in [1.165, 1.54) is 24.1 Å². The second-order valence-electron chi connectivity index (χ2n) is 6.32. The molecule has 4 aromatic rings. The third-order valence-corrected chi connectivity index (χ3v) is 4.47. The average molecular weight is 397 g/mol. The van der Waals surface area contributed by atoms with Gasteiger partial charge in [0.25, 0.3) is 5.91 Å². The SMILES string of the molecule is COC(=O)c1cccc(C(=O)Nc2c(C#N)cnn2-c2ccc3ccccc3n2)c1. The van der Waals surface area contributed by atoms with Crippen LogP contribution >= 0.6 is 0 Å². The molecule has 4 rings (SSSR count). The number of nitriles is 1. The second kappa shape index (κ2) is 7.85. The summed E-state index contributed by atoms with van der Waals surface area (Å²) in [6.07, 6.45) is 1.36. The number of methoxy groups -OCH3 is 1. The van der Waals surface area contributed by atoms with Crippen molar-refractivity contribution in [2.24, 2.45) is 0 Å². The van der Waals surface area contributed by atoms with E-state index in [0.29, 0.717) is 5.82 Å². The highest BCUT2D eigenvalue weighted by molar-refractivity contribution is 6.06. The fourth-order valence-electron chi connectivity index (χ4n) is 2.98. The van der Waals surface area contributed by atoms with Crippen molar-refractivity contribution in [3.63, 3.8) is 0 Å². The van der Waals surface area contributed by atoms with E-state index < -0.39 is 11.9 Å². The van der Waals surface area contributed by atoms with Gasteiger partial charge >= 0.3 is 5.97 Å². The van der Waals surface area contributed by atoms with Crippen LogP contribution in [0.1, 0.15) is 26.3 Å². The Morgan fingerprint density at radius 2 is 1.87 bits per heavy atom. The van der Waals surface area contributed by atoms with E-state index in [1.54, 1.807) is 24.3 Å². The number of nitrogens with one attached hydrogen (secondary N) is 1. The Morgan fingerprint density at radius 3 is 2.67 bits per heavy atom. The van der Waals surface area contributed by atoms with E-state index in [4.69, 9.17) is 0 Å². The molecule has 30 heavy (non-hydrogen) atoms. The molecule has 0 spiro atoms. The van der Waals surface area contributed by atoms with Crippen LogP contribution in [0.15, 0.2) is 66.9 Å². The molecular formula is C22H15N5O3. The molecule has 0 saturated heterocycles. The largest absolute Gasteiger partial charge is 0.465 e. The van der Waals surface area contributed by atoms with Crippen LogP contribution in [0.4, 0.5) is 5.82 Å². The van der Waals surface area contributed by atoms with Crippen LogP contribution in [-0.4, -0.2) is 33.8 Å². The highest BCUT2D eigenvalue weighted by Crippen LogP contribution is 2.22. The highest BCUT2D eigenvalue weighted by Gasteiger charge is 2.18. The standard InChI is InChI=1S/C22H15N5O3/c1-30-22(29)16-7-4-6-15(11-16)21(28)26-20-17(12-23)13-24-27(20)19-10-9-14-5-2-3-8-18(14)25-19/h2-11,13H,1H3,(H,26,28). The number of benzene rings is 2. The van der Waals surface area contributed by atoms with Gasteiger partial charge in [-0.3, -0.25) is 4.79 Å². The number of carbonyl (C=O) groups excluding carboxylic acids is 2. The quantitative estimate of drug-likeness (QED) is 0.529. The Hall–Kier alpha value is -4.51. The van der Waals surface area contributed by atoms with Crippen molar-refractivity contribution in [1.29, 1.82) is 5.26 Å². The van der Waals surface area contributed by atoms with Gasteiger partial charge < -0.3 is 10.1 Å². The maximum absolute atomic E-state index is 12.8. The van der Waals surface area contributed by atoms with Crippen LogP contribution in [0, 0.1) is 11.3 Å². The summed E-state index contributed by atoms with van der Waals surface area (Å²) in [6, 6.07) is 19.4. The van der Waals surface area contributed by atoms with Crippen LogP contribution in [0.5, 0.6) is 0 Å². The molecule has 0 saturated carbocycles. The van der Waals surface area contributed by atoms with Gasteiger partial charge in [0.05, 0.1) is 24.4 Å². The van der Waals surface area contributed by atoms with Crippen molar-refractivity contribution in [2.45, 2.75) is 0 Å². The molecule has 2 heterocycles. The topological polar surface area (TPSA) is 110 Å². The van der Waals surface area contributed by atoms with Gasteiger partial charge in [-0.05, 0) is 36.4 Å². The number of pyridine rings is 1. The molecule has 0 aliphatic rings. The number of amides is 1. The predicted molar refractivity (Wildman–Crippen MR) is 109 cm³/mol. The summed E-state index contributed by atoms with van der Waals surface area (Å²) in [5.74, 6) is -0.407. The van der Waals surface area contributed by atoms with Crippen LogP contribution in [-0.2, 0) is 4.74 Å². The van der Waals surface area contributed by atoms with E-state index in [2.05, 4.69) is 20.1 Å². The van der Waals surface area contributed by atoms with Gasteiger partial charge in [-0.1, -0.05) is 24.3 Å². The maximum Gasteiger partial charge on any atom is 0.337 e. The molecule has 0 bridgehead atoms. The number of hydrogen-bond acceptors (Lipinski definition) is 6. The molecule has 0 fully saturated rings. The first-order chi connectivity index (χ1) is 14.6. The number of hydrogen-bond donors (Lipinski definition) is 1. The molecule has 0 aliphatic heterocycles. The van der Waals surface area contributed by atoms with Crippen molar-refractivity contribution >= 4 is 28.6 Å². The van der Waals surface area contributed by atoms with Crippen LogP contribution in [0.3, 0.4) is 0 Å². The molecule has 1 amide bonds. The summed E-state index contributed by atoms with van der Waals surface area (Å²) in [5, 5.41) is 17.3. The molecule has 2 aromatic carbocycles. The van der Waals surface area contributed by atoms with E-state index >= 15 is 0 Å². The maximum atomic E-state index is 12.8. The summed E-state index contributed by atoms with van der Waals surface area (Å²) in [4.78, 5) is 29.1. The predicted octanol–water partition coefficient (Wildman–Crippen LogP) is 3.33. The molecule has 1 N–H and O–H groups in total. The number of esters is 1. The highest BCUT2D eigenvalue weighted by atomic mass is 16.5. The minimum Gasteiger partial charge on any atom is -0.465 e. The van der Waals surface area contributed by atoms with Gasteiger partial charge in [0.2, 0.25) is 0 Å². The number of anilines is 1. The van der Waals surface area contributed by atoms with Gasteiger partial charge in [0.15, 0.2) is 11.6 Å². The average Bonchev–Trinajstić information content (AvgIpc) is 3.20. The van der Waals surface area contributed by atoms with Gasteiger partial charge in [0.1, 0.15) is 11.6 Å². The van der Waals surface area contributed by atoms with Crippen LogP contribution in [0.25, 0.3) is 16.7 Å². The number of para-hydroxylation sites is 1. The molecule has 8 heteroatoms. The van der Waals surface area contributed by atoms with E-state index in [-0.39, 0.29) is 22.5 Å². The van der Waals surface area contributed by atoms with E-state index in [1.807, 2.05) is 36.4 Å². The number of rotatable bonds is 4. The molecule has 8 nitrogen and oxygen atoms in total. The van der Waals surface area contributed by atoms with Gasteiger partial charge in [-0.2, -0.15) is 15.0 Å². The molecule has 0 aliphatic carbocycles. The lowest BCUT2D eigenvalue weighted by atomic mass is 10.1. The van der Waals surface area contributed by atoms with Crippen molar-refractivity contribution in [3.8, 4) is 11.9 Å².